The van der Waals surface area contributed by atoms with Gasteiger partial charge < -0.3 is 20.2 Å². The molecule has 4 rings (SSSR count). The third kappa shape index (κ3) is 4.28. The first-order valence-corrected chi connectivity index (χ1v) is 9.77. The van der Waals surface area contributed by atoms with E-state index in [9.17, 15) is 9.59 Å². The van der Waals surface area contributed by atoms with Gasteiger partial charge in [0, 0.05) is 12.1 Å². The molecule has 1 aromatic heterocycles. The summed E-state index contributed by atoms with van der Waals surface area (Å²) in [5.41, 5.74) is 7.91. The Bertz CT molecular complexity index is 1110. The zero-order valence-corrected chi connectivity index (χ0v) is 16.9. The highest BCUT2D eigenvalue weighted by Gasteiger charge is 2.34. The Morgan fingerprint density at radius 1 is 1.16 bits per heavy atom. The normalized spacial score (nSPS) is 15.5. The largest absolute Gasteiger partial charge is 0.497 e. The summed E-state index contributed by atoms with van der Waals surface area (Å²) in [4.78, 5) is 24.7. The first-order valence-electron chi connectivity index (χ1n) is 9.77. The molecule has 1 aliphatic rings. The first kappa shape index (κ1) is 20.2. The van der Waals surface area contributed by atoms with Gasteiger partial charge in [-0.15, -0.1) is 0 Å². The number of rotatable bonds is 7. The summed E-state index contributed by atoms with van der Waals surface area (Å²) in [6, 6.07) is 17.6. The second kappa shape index (κ2) is 8.74. The number of nitrogens with two attached hydrogens (primary N) is 1. The fraction of sp³-hybridized carbons (Fsp3) is 0.174. The summed E-state index contributed by atoms with van der Waals surface area (Å²) in [7, 11) is 1.61. The number of hydrogen-bond donors (Lipinski definition) is 2. The van der Waals surface area contributed by atoms with Crippen LogP contribution in [0.1, 0.15) is 34.1 Å². The van der Waals surface area contributed by atoms with E-state index in [2.05, 4.69) is 10.4 Å². The highest BCUT2D eigenvalue weighted by Crippen LogP contribution is 2.33. The zero-order valence-electron chi connectivity index (χ0n) is 16.9. The molecule has 8 heteroatoms. The van der Waals surface area contributed by atoms with Gasteiger partial charge in [-0.1, -0.05) is 12.1 Å². The van der Waals surface area contributed by atoms with E-state index in [0.717, 1.165) is 17.0 Å². The van der Waals surface area contributed by atoms with Gasteiger partial charge >= 0.3 is 0 Å². The molecule has 158 valence electrons. The van der Waals surface area contributed by atoms with E-state index in [1.807, 2.05) is 30.3 Å². The first-order chi connectivity index (χ1) is 15.1. The number of carbonyl (C=O) groups is 2. The van der Waals surface area contributed by atoms with E-state index in [1.165, 1.54) is 5.01 Å². The van der Waals surface area contributed by atoms with Crippen molar-refractivity contribution in [1.29, 1.82) is 0 Å². The molecule has 0 saturated carbocycles. The standard InChI is InChI=1S/C23H22N4O4/c1-30-16-10-8-15(9-11-16)19-13-20(21-7-4-12-31-21)27(26-19)22(28)14-25-18-6-3-2-5-17(18)23(24)29/h2-12,20,25H,13-14H2,1H3,(H2,24,29). The average molecular weight is 418 g/mol. The fourth-order valence-corrected chi connectivity index (χ4v) is 3.50. The van der Waals surface area contributed by atoms with Gasteiger partial charge in [0.25, 0.3) is 11.8 Å². The van der Waals surface area contributed by atoms with Crippen molar-refractivity contribution in [3.05, 3.63) is 83.8 Å². The summed E-state index contributed by atoms with van der Waals surface area (Å²) >= 11 is 0. The number of primary amides is 1. The van der Waals surface area contributed by atoms with Crippen molar-refractivity contribution in [2.75, 3.05) is 19.0 Å². The Kier molecular flexibility index (Phi) is 5.70. The summed E-state index contributed by atoms with van der Waals surface area (Å²) in [5.74, 6) is 0.572. The van der Waals surface area contributed by atoms with Crippen LogP contribution < -0.4 is 15.8 Å². The number of nitrogens with zero attached hydrogens (tertiary/aromatic N) is 2. The van der Waals surface area contributed by atoms with Crippen LogP contribution in [0.25, 0.3) is 0 Å². The van der Waals surface area contributed by atoms with E-state index >= 15 is 0 Å². The number of furan rings is 1. The smallest absolute Gasteiger partial charge is 0.262 e. The summed E-state index contributed by atoms with van der Waals surface area (Å²) in [6.45, 7) is -0.0547. The number of anilines is 1. The molecular weight excluding hydrogens is 396 g/mol. The second-order valence-electron chi connectivity index (χ2n) is 7.01. The predicted molar refractivity (Wildman–Crippen MR) is 116 cm³/mol. The molecule has 3 aromatic rings. The lowest BCUT2D eigenvalue weighted by Gasteiger charge is -2.20. The van der Waals surface area contributed by atoms with Gasteiger partial charge in [0.2, 0.25) is 0 Å². The molecule has 0 radical (unpaired) electrons. The number of hydrazone groups is 1. The predicted octanol–water partition coefficient (Wildman–Crippen LogP) is 3.18. The lowest BCUT2D eigenvalue weighted by atomic mass is 10.0. The minimum atomic E-state index is -0.565. The minimum absolute atomic E-state index is 0.0547. The van der Waals surface area contributed by atoms with Crippen LogP contribution in [0.5, 0.6) is 5.75 Å². The van der Waals surface area contributed by atoms with Crippen molar-refractivity contribution in [3.8, 4) is 5.75 Å². The maximum Gasteiger partial charge on any atom is 0.262 e. The lowest BCUT2D eigenvalue weighted by Crippen LogP contribution is -2.32. The number of benzene rings is 2. The van der Waals surface area contributed by atoms with E-state index < -0.39 is 5.91 Å². The van der Waals surface area contributed by atoms with Gasteiger partial charge in [-0.2, -0.15) is 5.10 Å². The average Bonchev–Trinajstić information content (AvgIpc) is 3.47. The Hall–Kier alpha value is -4.07. The van der Waals surface area contributed by atoms with Crippen LogP contribution in [0.2, 0.25) is 0 Å². The molecule has 2 amide bonds. The summed E-state index contributed by atoms with van der Waals surface area (Å²) < 4.78 is 10.8. The Labute approximate surface area is 179 Å². The topological polar surface area (TPSA) is 110 Å². The molecule has 2 aromatic carbocycles. The molecule has 2 heterocycles. The monoisotopic (exact) mass is 418 g/mol. The molecular formula is C23H22N4O4. The lowest BCUT2D eigenvalue weighted by molar-refractivity contribution is -0.131. The molecule has 8 nitrogen and oxygen atoms in total. The van der Waals surface area contributed by atoms with Crippen LogP contribution in [0.4, 0.5) is 5.69 Å². The molecule has 0 spiro atoms. The molecule has 1 unspecified atom stereocenters. The summed E-state index contributed by atoms with van der Waals surface area (Å²) in [5, 5.41) is 9.02. The van der Waals surface area contributed by atoms with Crippen LogP contribution in [0.3, 0.4) is 0 Å². The highest BCUT2D eigenvalue weighted by atomic mass is 16.5. The third-order valence-corrected chi connectivity index (χ3v) is 5.08. The Balaban J connectivity index is 1.56. The molecule has 3 N–H and O–H groups in total. The third-order valence-electron chi connectivity index (χ3n) is 5.08. The van der Waals surface area contributed by atoms with Crippen LogP contribution >= 0.6 is 0 Å². The molecule has 1 aliphatic heterocycles. The van der Waals surface area contributed by atoms with Crippen molar-refractivity contribution >= 4 is 23.2 Å². The molecule has 0 saturated heterocycles. The van der Waals surface area contributed by atoms with Crippen molar-refractivity contribution in [2.24, 2.45) is 10.8 Å². The maximum absolute atomic E-state index is 13.1. The van der Waals surface area contributed by atoms with Crippen molar-refractivity contribution < 1.29 is 18.7 Å². The zero-order chi connectivity index (χ0) is 21.8. The number of amides is 2. The fourth-order valence-electron chi connectivity index (χ4n) is 3.50. The van der Waals surface area contributed by atoms with Gasteiger partial charge in [0.15, 0.2) is 0 Å². The van der Waals surface area contributed by atoms with Gasteiger partial charge in [0.1, 0.15) is 17.6 Å². The van der Waals surface area contributed by atoms with E-state index in [0.29, 0.717) is 23.4 Å². The van der Waals surface area contributed by atoms with Crippen molar-refractivity contribution in [2.45, 2.75) is 12.5 Å². The number of nitrogens with one attached hydrogen (secondary N) is 1. The van der Waals surface area contributed by atoms with Crippen molar-refractivity contribution in [3.63, 3.8) is 0 Å². The van der Waals surface area contributed by atoms with Gasteiger partial charge in [-0.3, -0.25) is 9.59 Å². The Morgan fingerprint density at radius 2 is 1.94 bits per heavy atom. The van der Waals surface area contributed by atoms with Gasteiger partial charge in [0.05, 0.1) is 31.2 Å². The van der Waals surface area contributed by atoms with Crippen LogP contribution in [-0.4, -0.2) is 36.2 Å². The number of ether oxygens (including phenoxy) is 1. The highest BCUT2D eigenvalue weighted by molar-refractivity contribution is 6.03. The molecule has 0 bridgehead atoms. The summed E-state index contributed by atoms with van der Waals surface area (Å²) in [6.07, 6.45) is 2.09. The Morgan fingerprint density at radius 3 is 2.61 bits per heavy atom. The van der Waals surface area contributed by atoms with Crippen LogP contribution in [0.15, 0.2) is 76.4 Å². The quantitative estimate of drug-likeness (QED) is 0.612. The van der Waals surface area contributed by atoms with Crippen LogP contribution in [0, 0.1) is 0 Å². The SMILES string of the molecule is COc1ccc(C2=NN(C(=O)CNc3ccccc3C(N)=O)C(c3ccco3)C2)cc1. The molecule has 31 heavy (non-hydrogen) atoms. The van der Waals surface area contributed by atoms with E-state index in [-0.39, 0.29) is 18.5 Å². The van der Waals surface area contributed by atoms with Crippen LogP contribution in [-0.2, 0) is 4.79 Å². The maximum atomic E-state index is 13.1. The number of methoxy groups -OCH3 is 1. The number of para-hydroxylation sites is 1. The molecule has 0 aliphatic carbocycles. The molecule has 1 atom stereocenters. The van der Waals surface area contributed by atoms with E-state index in [4.69, 9.17) is 14.9 Å². The molecule has 0 fully saturated rings. The minimum Gasteiger partial charge on any atom is -0.497 e. The second-order valence-corrected chi connectivity index (χ2v) is 7.01. The van der Waals surface area contributed by atoms with Gasteiger partial charge in [-0.05, 0) is 54.1 Å². The number of hydrogen-bond acceptors (Lipinski definition) is 6. The van der Waals surface area contributed by atoms with Gasteiger partial charge in [-0.25, -0.2) is 5.01 Å². The van der Waals surface area contributed by atoms with Crippen molar-refractivity contribution in [1.82, 2.24) is 5.01 Å². The van der Waals surface area contributed by atoms with E-state index in [1.54, 1.807) is 43.7 Å². The number of carbonyl (C=O) groups excluding carboxylic acids is 2.